The topological polar surface area (TPSA) is 105 Å². The molecule has 0 aromatic heterocycles. The van der Waals surface area contributed by atoms with E-state index < -0.39 is 5.97 Å². The second-order valence-electron chi connectivity index (χ2n) is 5.91. The summed E-state index contributed by atoms with van der Waals surface area (Å²) >= 11 is 0. The summed E-state index contributed by atoms with van der Waals surface area (Å²) < 4.78 is 10.7. The number of ether oxygens (including phenoxy) is 2. The number of amides is 2. The summed E-state index contributed by atoms with van der Waals surface area (Å²) in [5.41, 5.74) is 0.355. The van der Waals surface area contributed by atoms with Crippen molar-refractivity contribution in [1.82, 2.24) is 10.2 Å². The van der Waals surface area contributed by atoms with Crippen LogP contribution in [0.2, 0.25) is 0 Å². The summed E-state index contributed by atoms with van der Waals surface area (Å²) in [5.74, 6) is -0.847. The number of nitrogens with one attached hydrogen (secondary N) is 1. The van der Waals surface area contributed by atoms with Crippen LogP contribution in [-0.4, -0.2) is 60.6 Å². The summed E-state index contributed by atoms with van der Waals surface area (Å²) in [6, 6.07) is 4.64. The normalized spacial score (nSPS) is 10.3. The van der Waals surface area contributed by atoms with Crippen molar-refractivity contribution in [3.05, 3.63) is 23.8 Å². The summed E-state index contributed by atoms with van der Waals surface area (Å²) in [5, 5.41) is 11.5. The predicted molar refractivity (Wildman–Crippen MR) is 95.6 cm³/mol. The lowest BCUT2D eigenvalue weighted by molar-refractivity contribution is -0.137. The minimum atomic E-state index is -0.961. The number of aliphatic carboxylic acids is 1. The highest BCUT2D eigenvalue weighted by molar-refractivity contribution is 5.95. The van der Waals surface area contributed by atoms with Crippen LogP contribution in [0.1, 0.15) is 37.6 Å². The maximum Gasteiger partial charge on any atom is 0.305 e. The van der Waals surface area contributed by atoms with Gasteiger partial charge in [-0.05, 0) is 39.0 Å². The second kappa shape index (κ2) is 10.3. The molecule has 0 heterocycles. The molecule has 0 saturated heterocycles. The number of carboxylic acids is 1. The molecule has 0 saturated carbocycles. The molecule has 2 N–H and O–H groups in total. The van der Waals surface area contributed by atoms with Gasteiger partial charge < -0.3 is 24.8 Å². The van der Waals surface area contributed by atoms with Gasteiger partial charge in [-0.3, -0.25) is 14.4 Å². The Morgan fingerprint density at radius 1 is 1.23 bits per heavy atom. The van der Waals surface area contributed by atoms with Crippen LogP contribution in [0.3, 0.4) is 0 Å². The molecule has 0 bridgehead atoms. The molecule has 144 valence electrons. The third kappa shape index (κ3) is 6.62. The fraction of sp³-hybridized carbons (Fsp3) is 0.500. The molecular weight excluding hydrogens is 340 g/mol. The van der Waals surface area contributed by atoms with Gasteiger partial charge in [0.15, 0.2) is 18.1 Å². The molecule has 1 rings (SSSR count). The molecule has 0 unspecified atom stereocenters. The molecule has 1 aromatic carbocycles. The van der Waals surface area contributed by atoms with Crippen LogP contribution in [0, 0.1) is 0 Å². The molecule has 8 nitrogen and oxygen atoms in total. The van der Waals surface area contributed by atoms with Crippen LogP contribution in [0.4, 0.5) is 0 Å². The van der Waals surface area contributed by atoms with E-state index in [1.807, 2.05) is 13.8 Å². The van der Waals surface area contributed by atoms with Crippen molar-refractivity contribution < 1.29 is 29.0 Å². The van der Waals surface area contributed by atoms with Crippen molar-refractivity contribution >= 4 is 17.8 Å². The third-order valence-electron chi connectivity index (χ3n) is 3.48. The van der Waals surface area contributed by atoms with Gasteiger partial charge in [-0.2, -0.15) is 0 Å². The van der Waals surface area contributed by atoms with Crippen LogP contribution in [0.5, 0.6) is 11.5 Å². The zero-order valence-corrected chi connectivity index (χ0v) is 15.6. The SMILES string of the molecule is CCN(CCC(=O)O)C(=O)c1ccc(OCC(=O)NC(C)C)c(OC)c1. The summed E-state index contributed by atoms with van der Waals surface area (Å²) in [4.78, 5) is 36.4. The number of methoxy groups -OCH3 is 1. The minimum Gasteiger partial charge on any atom is -0.493 e. The highest BCUT2D eigenvalue weighted by atomic mass is 16.5. The van der Waals surface area contributed by atoms with Crippen LogP contribution in [-0.2, 0) is 9.59 Å². The van der Waals surface area contributed by atoms with E-state index in [0.717, 1.165) is 0 Å². The molecular formula is C18H26N2O6. The average Bonchev–Trinajstić information content (AvgIpc) is 2.59. The Labute approximate surface area is 153 Å². The van der Waals surface area contributed by atoms with E-state index in [4.69, 9.17) is 14.6 Å². The molecule has 0 atom stereocenters. The van der Waals surface area contributed by atoms with Gasteiger partial charge in [-0.1, -0.05) is 0 Å². The first kappa shape index (κ1) is 21.3. The van der Waals surface area contributed by atoms with E-state index in [0.29, 0.717) is 23.6 Å². The summed E-state index contributed by atoms with van der Waals surface area (Å²) in [7, 11) is 1.44. The Kier molecular flexibility index (Phi) is 8.41. The van der Waals surface area contributed by atoms with E-state index in [1.165, 1.54) is 18.1 Å². The van der Waals surface area contributed by atoms with E-state index in [1.54, 1.807) is 19.1 Å². The lowest BCUT2D eigenvalue weighted by atomic mass is 10.1. The largest absolute Gasteiger partial charge is 0.493 e. The van der Waals surface area contributed by atoms with Crippen LogP contribution in [0.15, 0.2) is 18.2 Å². The van der Waals surface area contributed by atoms with Crippen molar-refractivity contribution in [2.75, 3.05) is 26.8 Å². The Bertz CT molecular complexity index is 645. The van der Waals surface area contributed by atoms with Gasteiger partial charge in [0.05, 0.1) is 13.5 Å². The molecule has 0 aliphatic rings. The zero-order chi connectivity index (χ0) is 19.7. The van der Waals surface area contributed by atoms with Gasteiger partial charge in [-0.15, -0.1) is 0 Å². The number of carboxylic acid groups (broad SMARTS) is 1. The molecule has 0 aliphatic heterocycles. The fourth-order valence-electron chi connectivity index (χ4n) is 2.24. The highest BCUT2D eigenvalue weighted by Gasteiger charge is 2.18. The summed E-state index contributed by atoms with van der Waals surface area (Å²) in [6.45, 7) is 5.83. The Morgan fingerprint density at radius 3 is 2.46 bits per heavy atom. The number of hydrogen-bond acceptors (Lipinski definition) is 5. The third-order valence-corrected chi connectivity index (χ3v) is 3.48. The van der Waals surface area contributed by atoms with Gasteiger partial charge in [0, 0.05) is 24.7 Å². The number of benzene rings is 1. The van der Waals surface area contributed by atoms with Crippen LogP contribution < -0.4 is 14.8 Å². The minimum absolute atomic E-state index is 0.0128. The maximum atomic E-state index is 12.5. The number of hydrogen-bond donors (Lipinski definition) is 2. The van der Waals surface area contributed by atoms with Gasteiger partial charge in [0.25, 0.3) is 11.8 Å². The fourth-order valence-corrected chi connectivity index (χ4v) is 2.24. The van der Waals surface area contributed by atoms with Crippen molar-refractivity contribution in [1.29, 1.82) is 0 Å². The summed E-state index contributed by atoms with van der Waals surface area (Å²) in [6.07, 6.45) is -0.122. The van der Waals surface area contributed by atoms with Crippen LogP contribution >= 0.6 is 0 Å². The molecule has 1 aromatic rings. The molecule has 2 amide bonds. The first-order valence-corrected chi connectivity index (χ1v) is 8.39. The Hall–Kier alpha value is -2.77. The monoisotopic (exact) mass is 366 g/mol. The van der Waals surface area contributed by atoms with Crippen molar-refractivity contribution in [2.45, 2.75) is 33.2 Å². The van der Waals surface area contributed by atoms with Crippen molar-refractivity contribution in [3.63, 3.8) is 0 Å². The Balaban J connectivity index is 2.84. The smallest absolute Gasteiger partial charge is 0.305 e. The number of carbonyl (C=O) groups is 3. The van der Waals surface area contributed by atoms with E-state index in [2.05, 4.69) is 5.32 Å². The molecule has 0 aliphatic carbocycles. The lowest BCUT2D eigenvalue weighted by Crippen LogP contribution is -2.34. The van der Waals surface area contributed by atoms with E-state index >= 15 is 0 Å². The standard InChI is InChI=1S/C18H26N2O6/c1-5-20(9-8-17(22)23)18(24)13-6-7-14(15(10-13)25-4)26-11-16(21)19-12(2)3/h6-7,10,12H,5,8-9,11H2,1-4H3,(H,19,21)(H,22,23). The molecule has 0 fully saturated rings. The maximum absolute atomic E-state index is 12.5. The number of nitrogens with zero attached hydrogens (tertiary/aromatic N) is 1. The van der Waals surface area contributed by atoms with Crippen LogP contribution in [0.25, 0.3) is 0 Å². The van der Waals surface area contributed by atoms with Gasteiger partial charge >= 0.3 is 5.97 Å². The quantitative estimate of drug-likeness (QED) is 0.651. The second-order valence-corrected chi connectivity index (χ2v) is 5.91. The van der Waals surface area contributed by atoms with Crippen molar-refractivity contribution in [3.8, 4) is 11.5 Å². The first-order chi connectivity index (χ1) is 12.3. The molecule has 0 spiro atoms. The van der Waals surface area contributed by atoms with Gasteiger partial charge in [-0.25, -0.2) is 0 Å². The molecule has 26 heavy (non-hydrogen) atoms. The number of rotatable bonds is 10. The molecule has 8 heteroatoms. The predicted octanol–water partition coefficient (Wildman–Crippen LogP) is 1.54. The number of carbonyl (C=O) groups excluding carboxylic acids is 2. The zero-order valence-electron chi connectivity index (χ0n) is 15.6. The Morgan fingerprint density at radius 2 is 1.92 bits per heavy atom. The van der Waals surface area contributed by atoms with Gasteiger partial charge in [0.2, 0.25) is 0 Å². The molecule has 0 radical (unpaired) electrons. The van der Waals surface area contributed by atoms with E-state index in [9.17, 15) is 14.4 Å². The van der Waals surface area contributed by atoms with Crippen molar-refractivity contribution in [2.24, 2.45) is 0 Å². The van der Waals surface area contributed by atoms with E-state index in [-0.39, 0.29) is 37.4 Å². The van der Waals surface area contributed by atoms with Gasteiger partial charge in [0.1, 0.15) is 0 Å². The highest BCUT2D eigenvalue weighted by Crippen LogP contribution is 2.28. The first-order valence-electron chi connectivity index (χ1n) is 8.39. The lowest BCUT2D eigenvalue weighted by Gasteiger charge is -2.20. The average molecular weight is 366 g/mol.